The van der Waals surface area contributed by atoms with E-state index in [1.54, 1.807) is 60.7 Å². The molecule has 0 unspecified atom stereocenters. The zero-order valence-corrected chi connectivity index (χ0v) is 18.5. The Balaban J connectivity index is 1.89. The fourth-order valence-corrected chi connectivity index (χ4v) is 3.31. The number of halogens is 4. The van der Waals surface area contributed by atoms with E-state index in [0.29, 0.717) is 33.6 Å². The highest BCUT2D eigenvalue weighted by Gasteiger charge is 2.14. The van der Waals surface area contributed by atoms with Gasteiger partial charge in [0.15, 0.2) is 6.61 Å². The van der Waals surface area contributed by atoms with E-state index in [2.05, 4.69) is 5.32 Å². The first-order valence-electron chi connectivity index (χ1n) is 9.15. The number of ether oxygens (including phenoxy) is 1. The molecule has 0 radical (unpaired) electrons. The standard InChI is InChI=1S/C23H19F3INO2/c1-13-8-16(15-4-3-5-18(24)10-15)9-17(22(13)26)11-28-23-14(2)20(7-6-19(23)25)30-12-21(27)29/h3-10,28H,11-12H2,1-2H3. The summed E-state index contributed by atoms with van der Waals surface area (Å²) in [6.07, 6.45) is 0. The number of hydrogen-bond acceptors (Lipinski definition) is 3. The van der Waals surface area contributed by atoms with E-state index >= 15 is 0 Å². The molecule has 0 aromatic heterocycles. The van der Waals surface area contributed by atoms with Gasteiger partial charge in [-0.25, -0.2) is 13.2 Å². The van der Waals surface area contributed by atoms with Crippen LogP contribution in [0.5, 0.6) is 5.75 Å². The summed E-state index contributed by atoms with van der Waals surface area (Å²) in [6.45, 7) is 3.17. The zero-order chi connectivity index (χ0) is 21.8. The molecule has 0 spiro atoms. The van der Waals surface area contributed by atoms with Gasteiger partial charge < -0.3 is 10.1 Å². The lowest BCUT2D eigenvalue weighted by atomic mass is 9.99. The summed E-state index contributed by atoms with van der Waals surface area (Å²) in [5.74, 6) is -0.939. The highest BCUT2D eigenvalue weighted by molar-refractivity contribution is 14.1. The Morgan fingerprint density at radius 2 is 1.80 bits per heavy atom. The zero-order valence-electron chi connectivity index (χ0n) is 16.4. The second-order valence-electron chi connectivity index (χ2n) is 6.82. The molecule has 0 heterocycles. The predicted octanol–water partition coefficient (Wildman–Crippen LogP) is 6.34. The van der Waals surface area contributed by atoms with Gasteiger partial charge in [-0.05, 0) is 66.9 Å². The van der Waals surface area contributed by atoms with Crippen LogP contribution in [0.25, 0.3) is 11.1 Å². The number of nitrogens with one attached hydrogen (secondary N) is 1. The van der Waals surface area contributed by atoms with Gasteiger partial charge in [-0.3, -0.25) is 4.79 Å². The third kappa shape index (κ3) is 5.13. The smallest absolute Gasteiger partial charge is 0.229 e. The minimum atomic E-state index is -0.515. The van der Waals surface area contributed by atoms with Crippen LogP contribution < -0.4 is 10.1 Å². The Morgan fingerprint density at radius 3 is 2.50 bits per heavy atom. The van der Waals surface area contributed by atoms with Crippen LogP contribution in [-0.4, -0.2) is 10.4 Å². The van der Waals surface area contributed by atoms with Crippen molar-refractivity contribution in [3.8, 4) is 16.9 Å². The number of carbonyl (C=O) groups is 1. The van der Waals surface area contributed by atoms with E-state index in [4.69, 9.17) is 4.74 Å². The van der Waals surface area contributed by atoms with Gasteiger partial charge in [0.1, 0.15) is 23.2 Å². The molecule has 1 N–H and O–H groups in total. The highest BCUT2D eigenvalue weighted by Crippen LogP contribution is 2.30. The molecule has 30 heavy (non-hydrogen) atoms. The number of benzene rings is 3. The summed E-state index contributed by atoms with van der Waals surface area (Å²) < 4.78 is 47.9. The van der Waals surface area contributed by atoms with Crippen LogP contribution in [0.2, 0.25) is 0 Å². The molecule has 0 saturated heterocycles. The van der Waals surface area contributed by atoms with Crippen LogP contribution >= 0.6 is 22.6 Å². The lowest BCUT2D eigenvalue weighted by molar-refractivity contribution is -0.111. The molecule has 3 aromatic rings. The third-order valence-electron chi connectivity index (χ3n) is 4.65. The summed E-state index contributed by atoms with van der Waals surface area (Å²) >= 11 is 1.62. The van der Waals surface area contributed by atoms with Crippen LogP contribution in [0.4, 0.5) is 18.9 Å². The summed E-state index contributed by atoms with van der Waals surface area (Å²) in [4.78, 5) is 11.1. The number of aryl methyl sites for hydroxylation is 1. The maximum absolute atomic E-state index is 14.7. The molecule has 0 amide bonds. The fraction of sp³-hybridized carbons (Fsp3) is 0.174. The van der Waals surface area contributed by atoms with Crippen LogP contribution in [0.15, 0.2) is 48.5 Å². The molecule has 0 aliphatic heterocycles. The van der Waals surface area contributed by atoms with Gasteiger partial charge in [0.2, 0.25) is 3.79 Å². The van der Waals surface area contributed by atoms with Crippen LogP contribution in [-0.2, 0) is 11.3 Å². The maximum atomic E-state index is 14.7. The molecule has 3 aromatic carbocycles. The highest BCUT2D eigenvalue weighted by atomic mass is 127. The number of hydrogen-bond donors (Lipinski definition) is 1. The molecule has 0 aliphatic rings. The molecular formula is C23H19F3INO2. The fourth-order valence-electron chi connectivity index (χ4n) is 3.16. The SMILES string of the molecule is Cc1cc(-c2cccc(F)c2)cc(CNc2c(F)ccc(OCC(=O)I)c2C)c1F. The first-order chi connectivity index (χ1) is 14.3. The maximum Gasteiger partial charge on any atom is 0.229 e. The third-order valence-corrected chi connectivity index (χ3v) is 4.96. The topological polar surface area (TPSA) is 38.3 Å². The summed E-state index contributed by atoms with van der Waals surface area (Å²) in [5, 5.41) is 2.93. The van der Waals surface area contributed by atoms with E-state index in [-0.39, 0.29) is 28.4 Å². The second kappa shape index (κ2) is 9.51. The molecular weight excluding hydrogens is 506 g/mol. The molecule has 3 rings (SSSR count). The molecule has 156 valence electrons. The Kier molecular flexibility index (Phi) is 7.02. The predicted molar refractivity (Wildman–Crippen MR) is 120 cm³/mol. The summed E-state index contributed by atoms with van der Waals surface area (Å²) in [5.41, 5.74) is 2.67. The van der Waals surface area contributed by atoms with Gasteiger partial charge in [-0.1, -0.05) is 12.1 Å². The first-order valence-corrected chi connectivity index (χ1v) is 10.2. The normalized spacial score (nSPS) is 10.7. The minimum absolute atomic E-state index is 0.0161. The lowest BCUT2D eigenvalue weighted by Crippen LogP contribution is -2.09. The number of carbonyl (C=O) groups excluding carboxylic acids is 1. The van der Waals surface area contributed by atoms with E-state index in [0.717, 1.165) is 0 Å². The van der Waals surface area contributed by atoms with Crippen molar-refractivity contribution in [1.29, 1.82) is 0 Å². The Morgan fingerprint density at radius 1 is 1.03 bits per heavy atom. The largest absolute Gasteiger partial charge is 0.485 e. The first kappa shape index (κ1) is 22.1. The van der Waals surface area contributed by atoms with Crippen molar-refractivity contribution in [3.63, 3.8) is 0 Å². The lowest BCUT2D eigenvalue weighted by Gasteiger charge is -2.16. The quantitative estimate of drug-likeness (QED) is 0.289. The van der Waals surface area contributed by atoms with Gasteiger partial charge in [-0.15, -0.1) is 0 Å². The van der Waals surface area contributed by atoms with Crippen molar-refractivity contribution < 1.29 is 22.7 Å². The van der Waals surface area contributed by atoms with Gasteiger partial charge in [0, 0.05) is 40.3 Å². The van der Waals surface area contributed by atoms with E-state index in [1.165, 1.54) is 24.3 Å². The van der Waals surface area contributed by atoms with Gasteiger partial charge in [0.25, 0.3) is 0 Å². The molecule has 0 atom stereocenters. The Labute approximate surface area is 186 Å². The monoisotopic (exact) mass is 525 g/mol. The minimum Gasteiger partial charge on any atom is -0.485 e. The summed E-state index contributed by atoms with van der Waals surface area (Å²) in [6, 6.07) is 12.0. The average Bonchev–Trinajstić information content (AvgIpc) is 2.70. The molecule has 0 saturated carbocycles. The number of rotatable bonds is 7. The Hall–Kier alpha value is -2.55. The van der Waals surface area contributed by atoms with E-state index < -0.39 is 11.6 Å². The molecule has 0 bridgehead atoms. The molecule has 3 nitrogen and oxygen atoms in total. The molecule has 0 fully saturated rings. The van der Waals surface area contributed by atoms with Crippen molar-refractivity contribution >= 4 is 32.1 Å². The van der Waals surface area contributed by atoms with Crippen molar-refractivity contribution in [2.24, 2.45) is 0 Å². The van der Waals surface area contributed by atoms with Crippen LogP contribution in [0.3, 0.4) is 0 Å². The van der Waals surface area contributed by atoms with Crippen molar-refractivity contribution in [3.05, 3.63) is 82.7 Å². The van der Waals surface area contributed by atoms with E-state index in [9.17, 15) is 18.0 Å². The van der Waals surface area contributed by atoms with Gasteiger partial charge in [-0.2, -0.15) is 0 Å². The molecule has 7 heteroatoms. The Bertz CT molecular complexity index is 1100. The van der Waals surface area contributed by atoms with E-state index in [1.807, 2.05) is 0 Å². The van der Waals surface area contributed by atoms with Gasteiger partial charge >= 0.3 is 0 Å². The van der Waals surface area contributed by atoms with Crippen molar-refractivity contribution in [2.45, 2.75) is 20.4 Å². The number of anilines is 1. The van der Waals surface area contributed by atoms with Crippen LogP contribution in [0.1, 0.15) is 16.7 Å². The van der Waals surface area contributed by atoms with Gasteiger partial charge in [0.05, 0.1) is 5.69 Å². The molecule has 0 aliphatic carbocycles. The average molecular weight is 525 g/mol. The van der Waals surface area contributed by atoms with Crippen molar-refractivity contribution in [1.82, 2.24) is 0 Å². The second-order valence-corrected chi connectivity index (χ2v) is 8.02. The van der Waals surface area contributed by atoms with Crippen LogP contribution in [0, 0.1) is 31.3 Å². The summed E-state index contributed by atoms with van der Waals surface area (Å²) in [7, 11) is 0. The van der Waals surface area contributed by atoms with Crippen molar-refractivity contribution in [2.75, 3.05) is 11.9 Å².